The molecule has 1 N–H and O–H groups in total. The van der Waals surface area contributed by atoms with Gasteiger partial charge in [-0.25, -0.2) is 0 Å². The molecule has 0 amide bonds. The molecule has 4 heteroatoms. The van der Waals surface area contributed by atoms with Crippen LogP contribution in [0.2, 0.25) is 0 Å². The van der Waals surface area contributed by atoms with Crippen LogP contribution in [0.4, 0.5) is 0 Å². The number of benzene rings is 1. The molecule has 3 nitrogen and oxygen atoms in total. The van der Waals surface area contributed by atoms with Gasteiger partial charge in [0.25, 0.3) is 0 Å². The smallest absolute Gasteiger partial charge is 0.231 e. The minimum absolute atomic E-state index is 0. The molecule has 84 valence electrons. The molecule has 0 saturated heterocycles. The van der Waals surface area contributed by atoms with Gasteiger partial charge < -0.3 is 14.8 Å². The Bertz CT molecular complexity index is 330. The van der Waals surface area contributed by atoms with Crippen molar-refractivity contribution >= 4 is 12.4 Å². The Balaban J connectivity index is 0.00000112. The third-order valence-electron chi connectivity index (χ3n) is 2.47. The number of nitrogens with one attached hydrogen (secondary N) is 1. The SMILES string of the molecule is CN[C@H](C)Cc1ccc2c(c1)OCO2.Cl. The first-order chi connectivity index (χ1) is 6.79. The van der Waals surface area contributed by atoms with E-state index in [-0.39, 0.29) is 12.4 Å². The summed E-state index contributed by atoms with van der Waals surface area (Å²) in [6.45, 7) is 2.50. The van der Waals surface area contributed by atoms with Crippen molar-refractivity contribution in [1.82, 2.24) is 5.32 Å². The van der Waals surface area contributed by atoms with E-state index < -0.39 is 0 Å². The Hall–Kier alpha value is -0.930. The largest absolute Gasteiger partial charge is 0.454 e. The molecule has 0 bridgehead atoms. The molecule has 0 saturated carbocycles. The summed E-state index contributed by atoms with van der Waals surface area (Å²) in [7, 11) is 1.97. The molecule has 0 aliphatic carbocycles. The number of halogens is 1. The number of likely N-dealkylation sites (N-methyl/N-ethyl adjacent to an activating group) is 1. The fraction of sp³-hybridized carbons (Fsp3) is 0.455. The van der Waals surface area contributed by atoms with Crippen LogP contribution in [0, 0.1) is 0 Å². The summed E-state index contributed by atoms with van der Waals surface area (Å²) in [5, 5.41) is 3.21. The highest BCUT2D eigenvalue weighted by molar-refractivity contribution is 5.85. The Kier molecular flexibility index (Phi) is 4.24. The zero-order chi connectivity index (χ0) is 9.97. The van der Waals surface area contributed by atoms with Gasteiger partial charge in [-0.15, -0.1) is 12.4 Å². The maximum absolute atomic E-state index is 5.31. The van der Waals surface area contributed by atoms with Crippen LogP contribution in [0.1, 0.15) is 12.5 Å². The van der Waals surface area contributed by atoms with E-state index in [1.54, 1.807) is 0 Å². The lowest BCUT2D eigenvalue weighted by Crippen LogP contribution is -2.23. The van der Waals surface area contributed by atoms with Crippen molar-refractivity contribution in [1.29, 1.82) is 0 Å². The highest BCUT2D eigenvalue weighted by atomic mass is 35.5. The Morgan fingerprint density at radius 2 is 2.07 bits per heavy atom. The van der Waals surface area contributed by atoms with Crippen molar-refractivity contribution in [2.24, 2.45) is 0 Å². The lowest BCUT2D eigenvalue weighted by molar-refractivity contribution is 0.174. The fourth-order valence-electron chi connectivity index (χ4n) is 1.52. The summed E-state index contributed by atoms with van der Waals surface area (Å²) in [5.74, 6) is 1.72. The van der Waals surface area contributed by atoms with Crippen LogP contribution in [0.25, 0.3) is 0 Å². The lowest BCUT2D eigenvalue weighted by atomic mass is 10.1. The number of hydrogen-bond donors (Lipinski definition) is 1. The van der Waals surface area contributed by atoms with E-state index in [9.17, 15) is 0 Å². The summed E-state index contributed by atoms with van der Waals surface area (Å²) < 4.78 is 10.6. The van der Waals surface area contributed by atoms with Gasteiger partial charge >= 0.3 is 0 Å². The maximum atomic E-state index is 5.31. The standard InChI is InChI=1S/C11H15NO2.ClH/c1-8(12-2)5-9-3-4-10-11(6-9)14-7-13-10;/h3-4,6,8,12H,5,7H2,1-2H3;1H/t8-;/m1./s1. The van der Waals surface area contributed by atoms with Gasteiger partial charge in [-0.05, 0) is 38.1 Å². The Morgan fingerprint density at radius 3 is 2.80 bits per heavy atom. The van der Waals surface area contributed by atoms with E-state index in [4.69, 9.17) is 9.47 Å². The van der Waals surface area contributed by atoms with Crippen molar-refractivity contribution in [2.45, 2.75) is 19.4 Å². The van der Waals surface area contributed by atoms with Gasteiger partial charge in [0.2, 0.25) is 6.79 Å². The van der Waals surface area contributed by atoms with Crippen LogP contribution in [0.3, 0.4) is 0 Å². The maximum Gasteiger partial charge on any atom is 0.231 e. The van der Waals surface area contributed by atoms with Gasteiger partial charge in [0, 0.05) is 6.04 Å². The molecule has 1 aliphatic rings. The molecule has 0 radical (unpaired) electrons. The third kappa shape index (κ3) is 2.76. The molecule has 0 aromatic heterocycles. The van der Waals surface area contributed by atoms with E-state index in [0.717, 1.165) is 17.9 Å². The summed E-state index contributed by atoms with van der Waals surface area (Å²) in [6.07, 6.45) is 1.01. The second-order valence-electron chi connectivity index (χ2n) is 3.58. The van der Waals surface area contributed by atoms with Crippen molar-refractivity contribution in [2.75, 3.05) is 13.8 Å². The van der Waals surface area contributed by atoms with E-state index in [0.29, 0.717) is 12.8 Å². The van der Waals surface area contributed by atoms with Crippen LogP contribution in [0.15, 0.2) is 18.2 Å². The van der Waals surface area contributed by atoms with Gasteiger partial charge in [-0.1, -0.05) is 6.07 Å². The van der Waals surface area contributed by atoms with Crippen LogP contribution in [0.5, 0.6) is 11.5 Å². The van der Waals surface area contributed by atoms with Gasteiger partial charge in [0.1, 0.15) is 0 Å². The predicted molar refractivity (Wildman–Crippen MR) is 62.0 cm³/mol. The molecule has 1 atom stereocenters. The first-order valence-corrected chi connectivity index (χ1v) is 4.85. The average Bonchev–Trinajstić information content (AvgIpc) is 2.64. The Morgan fingerprint density at radius 1 is 1.33 bits per heavy atom. The normalized spacial score (nSPS) is 14.5. The molecule has 1 aromatic carbocycles. The van der Waals surface area contributed by atoms with E-state index in [2.05, 4.69) is 24.4 Å². The number of hydrogen-bond acceptors (Lipinski definition) is 3. The van der Waals surface area contributed by atoms with Crippen molar-refractivity contribution in [3.63, 3.8) is 0 Å². The predicted octanol–water partition coefficient (Wildman–Crippen LogP) is 1.99. The van der Waals surface area contributed by atoms with E-state index in [1.165, 1.54) is 5.56 Å². The molecule has 0 unspecified atom stereocenters. The summed E-state index contributed by atoms with van der Waals surface area (Å²) in [6, 6.07) is 6.59. The molecule has 0 spiro atoms. The zero-order valence-corrected chi connectivity index (χ0v) is 9.76. The zero-order valence-electron chi connectivity index (χ0n) is 8.95. The summed E-state index contributed by atoms with van der Waals surface area (Å²) in [5.41, 5.74) is 1.27. The van der Waals surface area contributed by atoms with Crippen molar-refractivity contribution in [3.05, 3.63) is 23.8 Å². The van der Waals surface area contributed by atoms with Gasteiger partial charge in [-0.3, -0.25) is 0 Å². The molecule has 2 rings (SSSR count). The summed E-state index contributed by atoms with van der Waals surface area (Å²) in [4.78, 5) is 0. The monoisotopic (exact) mass is 229 g/mol. The highest BCUT2D eigenvalue weighted by Gasteiger charge is 2.13. The molecule has 1 aromatic rings. The number of ether oxygens (including phenoxy) is 2. The summed E-state index contributed by atoms with van der Waals surface area (Å²) >= 11 is 0. The molecule has 0 fully saturated rings. The first kappa shape index (κ1) is 12.1. The first-order valence-electron chi connectivity index (χ1n) is 4.85. The number of rotatable bonds is 3. The molecular weight excluding hydrogens is 214 g/mol. The van der Waals surface area contributed by atoms with Crippen LogP contribution < -0.4 is 14.8 Å². The molecular formula is C11H16ClNO2. The van der Waals surface area contributed by atoms with E-state index in [1.807, 2.05) is 13.1 Å². The van der Waals surface area contributed by atoms with Crippen LogP contribution in [-0.2, 0) is 6.42 Å². The quantitative estimate of drug-likeness (QED) is 0.860. The minimum Gasteiger partial charge on any atom is -0.454 e. The van der Waals surface area contributed by atoms with E-state index >= 15 is 0 Å². The number of fused-ring (bicyclic) bond motifs is 1. The second-order valence-corrected chi connectivity index (χ2v) is 3.58. The third-order valence-corrected chi connectivity index (χ3v) is 2.47. The second kappa shape index (κ2) is 5.24. The molecule has 1 aliphatic heterocycles. The Labute approximate surface area is 96.2 Å². The average molecular weight is 230 g/mol. The van der Waals surface area contributed by atoms with Gasteiger partial charge in [0.15, 0.2) is 11.5 Å². The topological polar surface area (TPSA) is 30.5 Å². The highest BCUT2D eigenvalue weighted by Crippen LogP contribution is 2.32. The fourth-order valence-corrected chi connectivity index (χ4v) is 1.52. The van der Waals surface area contributed by atoms with Gasteiger partial charge in [-0.2, -0.15) is 0 Å². The lowest BCUT2D eigenvalue weighted by Gasteiger charge is -2.09. The van der Waals surface area contributed by atoms with Crippen LogP contribution in [-0.4, -0.2) is 19.9 Å². The van der Waals surface area contributed by atoms with Crippen molar-refractivity contribution < 1.29 is 9.47 Å². The van der Waals surface area contributed by atoms with Crippen LogP contribution >= 0.6 is 12.4 Å². The minimum atomic E-state index is 0. The molecule has 15 heavy (non-hydrogen) atoms. The van der Waals surface area contributed by atoms with Gasteiger partial charge in [0.05, 0.1) is 0 Å². The van der Waals surface area contributed by atoms with Crippen molar-refractivity contribution in [3.8, 4) is 11.5 Å². The molecule has 1 heterocycles.